The van der Waals surface area contributed by atoms with Crippen LogP contribution in [0.2, 0.25) is 0 Å². The van der Waals surface area contributed by atoms with Gasteiger partial charge in [-0.3, -0.25) is 38.4 Å². The lowest BCUT2D eigenvalue weighted by Crippen LogP contribution is -2.68. The number of fused-ring (bicyclic) bond motifs is 14. The molecule has 0 unspecified atom stereocenters. The van der Waals surface area contributed by atoms with Crippen molar-refractivity contribution in [2.45, 2.75) is 273 Å². The number of carboxylic acids is 1. The van der Waals surface area contributed by atoms with Crippen LogP contribution < -0.4 is 43.0 Å². The van der Waals surface area contributed by atoms with Crippen LogP contribution >= 0.6 is 12.6 Å². The van der Waals surface area contributed by atoms with Crippen LogP contribution in [0.5, 0.6) is 0 Å². The topological polar surface area (TPSA) is 591 Å². The maximum Gasteiger partial charge on any atom is 0.341 e. The van der Waals surface area contributed by atoms with Crippen LogP contribution in [0.3, 0.4) is 0 Å². The zero-order valence-electron chi connectivity index (χ0n) is 76.5. The highest BCUT2D eigenvalue weighted by Crippen LogP contribution is 2.47. The van der Waals surface area contributed by atoms with Gasteiger partial charge in [0, 0.05) is 165 Å². The Bertz CT molecular complexity index is 3710. The van der Waals surface area contributed by atoms with Crippen molar-refractivity contribution in [1.82, 2.24) is 37.2 Å². The first-order valence-corrected chi connectivity index (χ1v) is 41.9. The van der Waals surface area contributed by atoms with Gasteiger partial charge in [0.25, 0.3) is 0 Å². The van der Waals surface area contributed by atoms with Crippen LogP contribution in [0.4, 0.5) is 0 Å². The fraction of sp³-hybridized carbons (Fsp3) is 0.861. The van der Waals surface area contributed by atoms with Gasteiger partial charge in [-0.05, 0) is 12.0 Å². The summed E-state index contributed by atoms with van der Waals surface area (Å²) in [6.45, 7) is 13.9. The third-order valence-corrected chi connectivity index (χ3v) is 25.1. The largest absolute Gasteiger partial charge is 0.479 e. The van der Waals surface area contributed by atoms with Crippen LogP contribution in [-0.2, 0) is 176 Å². The molecule has 0 spiro atoms. The first kappa shape index (κ1) is 108. The summed E-state index contributed by atoms with van der Waals surface area (Å²) in [5, 5.41) is 32.2. The molecule has 14 rings (SSSR count). The summed E-state index contributed by atoms with van der Waals surface area (Å²) in [5.41, 5.74) is 7.90. The van der Waals surface area contributed by atoms with E-state index in [9.17, 15) is 48.3 Å². The number of methoxy groups -OCH3 is 14. The van der Waals surface area contributed by atoms with Crippen molar-refractivity contribution in [2.24, 2.45) is 10.8 Å². The number of hydrogen-bond acceptors (Lipinski definition) is 40. The van der Waals surface area contributed by atoms with Gasteiger partial charge in [0.1, 0.15) is 150 Å². The van der Waals surface area contributed by atoms with Crippen LogP contribution in [-0.4, -0.2) is 434 Å². The van der Waals surface area contributed by atoms with E-state index in [2.05, 4.69) is 65.8 Å². The molecule has 10 N–H and O–H groups in total. The number of aldehydes is 1. The Balaban J connectivity index is 0.000000186. The Kier molecular flexibility index (Phi) is 39.4. The molecular weight excluding hydrogens is 1740 g/mol. The zero-order valence-corrected chi connectivity index (χ0v) is 77.4. The lowest BCUT2D eigenvalue weighted by Gasteiger charge is -2.45. The second kappa shape index (κ2) is 47.1. The minimum absolute atomic E-state index is 0.0746. The van der Waals surface area contributed by atoms with Crippen molar-refractivity contribution in [3.8, 4) is 12.3 Å². The Labute approximate surface area is 752 Å². The number of aliphatic carboxylic acids is 1. The van der Waals surface area contributed by atoms with E-state index in [1.165, 1.54) is 98.2 Å². The van der Waals surface area contributed by atoms with Gasteiger partial charge in [-0.15, -0.1) is 6.42 Å². The highest BCUT2D eigenvalue weighted by molar-refractivity contribution is 7.80. The molecule has 7 amide bonds. The molecule has 0 saturated carbocycles. The van der Waals surface area contributed by atoms with Crippen molar-refractivity contribution in [1.29, 1.82) is 0 Å². The number of nitrogens with one attached hydrogen (secondary N) is 7. The Morgan fingerprint density at radius 1 is 0.403 bits per heavy atom. The maximum atomic E-state index is 11.5. The van der Waals surface area contributed by atoms with Gasteiger partial charge in [0.2, 0.25) is 47.0 Å². The number of ether oxygens (including phenoxy) is 28. The van der Waals surface area contributed by atoms with Gasteiger partial charge >= 0.3 is 5.97 Å². The quantitative estimate of drug-likeness (QED) is 0.00876. The minimum Gasteiger partial charge on any atom is -0.479 e. The molecule has 35 atom stereocenters. The zero-order chi connectivity index (χ0) is 95.6. The van der Waals surface area contributed by atoms with E-state index in [4.69, 9.17) is 150 Å². The molecule has 14 fully saturated rings. The normalized spacial score (nSPS) is 41.9. The maximum absolute atomic E-state index is 11.5. The fourth-order valence-corrected chi connectivity index (χ4v) is 19.2. The smallest absolute Gasteiger partial charge is 0.341 e. The molecule has 50 heteroatoms. The number of carboxylic acid groups (broad SMARTS) is 1. The minimum atomic E-state index is -1.60. The molecule has 0 aliphatic carbocycles. The summed E-state index contributed by atoms with van der Waals surface area (Å²) in [6, 6.07) is -3.19. The van der Waals surface area contributed by atoms with Gasteiger partial charge in [0.05, 0.1) is 52.8 Å². The van der Waals surface area contributed by atoms with Gasteiger partial charge in [-0.1, -0.05) is 18.0 Å². The molecule has 49 nitrogen and oxygen atoms in total. The number of carbonyl (C=O) groups is 9. The van der Waals surface area contributed by atoms with E-state index in [-0.39, 0.29) is 130 Å². The van der Waals surface area contributed by atoms with Crippen LogP contribution in [0.25, 0.3) is 10.4 Å². The molecular formula is C79H129N11O38S. The van der Waals surface area contributed by atoms with E-state index >= 15 is 0 Å². The molecule has 734 valence electrons. The van der Waals surface area contributed by atoms with E-state index in [0.29, 0.717) is 31.9 Å². The van der Waals surface area contributed by atoms with Crippen molar-refractivity contribution in [3.63, 3.8) is 0 Å². The summed E-state index contributed by atoms with van der Waals surface area (Å²) in [7, 11) is 21.4. The van der Waals surface area contributed by atoms with E-state index in [1.54, 1.807) is 49.8 Å². The van der Waals surface area contributed by atoms with Crippen LogP contribution in [0, 0.1) is 12.3 Å². The second-order valence-electron chi connectivity index (χ2n) is 32.3. The number of azide groups is 1. The van der Waals surface area contributed by atoms with E-state index in [0.717, 1.165) is 6.42 Å². The molecule has 14 aliphatic rings. The highest BCUT2D eigenvalue weighted by Gasteiger charge is 2.69. The third-order valence-electron chi connectivity index (χ3n) is 24.5. The Morgan fingerprint density at radius 3 is 1.02 bits per heavy atom. The van der Waals surface area contributed by atoms with Gasteiger partial charge in [-0.25, -0.2) is 4.79 Å². The number of nitrogens with two attached hydrogens (primary N) is 1. The molecule has 14 bridgehead atoms. The molecule has 0 aromatic heterocycles. The number of rotatable bonds is 28. The van der Waals surface area contributed by atoms with E-state index in [1.807, 2.05) is 6.92 Å². The van der Waals surface area contributed by atoms with Crippen molar-refractivity contribution >= 4 is 66.2 Å². The Morgan fingerprint density at radius 2 is 0.682 bits per heavy atom. The summed E-state index contributed by atoms with van der Waals surface area (Å²) in [6.07, 6.45) is -3.91. The summed E-state index contributed by atoms with van der Waals surface area (Å²) < 4.78 is 155. The molecule has 0 aromatic carbocycles. The van der Waals surface area contributed by atoms with Gasteiger partial charge in [0.15, 0.2) is 61.5 Å². The van der Waals surface area contributed by atoms with Crippen molar-refractivity contribution in [3.05, 3.63) is 10.4 Å². The molecule has 14 aliphatic heterocycles. The predicted molar refractivity (Wildman–Crippen MR) is 439 cm³/mol. The number of terminal acetylenes is 1. The third kappa shape index (κ3) is 22.4. The molecule has 14 saturated heterocycles. The first-order valence-electron chi connectivity index (χ1n) is 41.3. The lowest BCUT2D eigenvalue weighted by molar-refractivity contribution is -0.240. The van der Waals surface area contributed by atoms with Gasteiger partial charge < -0.3 is 181 Å². The van der Waals surface area contributed by atoms with E-state index < -0.39 is 168 Å². The van der Waals surface area contributed by atoms with Gasteiger partial charge in [-0.2, -0.15) is 12.6 Å². The van der Waals surface area contributed by atoms with Crippen LogP contribution in [0.15, 0.2) is 5.11 Å². The molecule has 0 radical (unpaired) electrons. The summed E-state index contributed by atoms with van der Waals surface area (Å²) >= 11 is 4.32. The predicted octanol–water partition coefficient (Wildman–Crippen LogP) is -4.95. The summed E-state index contributed by atoms with van der Waals surface area (Å²) in [4.78, 5) is 104. The van der Waals surface area contributed by atoms with Crippen molar-refractivity contribution in [2.75, 3.05) is 165 Å². The number of hydrogen-bond donors (Lipinski definition) is 10. The monoisotopic (exact) mass is 1870 g/mol. The van der Waals surface area contributed by atoms with Crippen molar-refractivity contribution < 1.29 is 181 Å². The Hall–Kier alpha value is -6.51. The second-order valence-corrected chi connectivity index (χ2v) is 32.6. The molecule has 0 aromatic rings. The SMILES string of the molecule is C#C[C@@]12CO[C@@H](O1)[C@H](NC(C)=O)[C@@H](OC)[C@H]2OC.CC[C@@]12CO[C@@H](O1)[C@H](NC(C)=O)[C@@H](OC)[C@H]2OC.CO[C@@H]1[C@@H](NC(C)=O)[C@H]2OC[C@](C(=O)O)(O2)[C@@H]1OC.CO[C@@H]1[C@@H](NC(C)=O)[C@H]2OC[C@](C=O)(O2)[C@@H]1OC.CO[C@@H]1[C@@H](NC(C)=O)[C@H]2OC[C@](CN)(O2)[C@@H]1OC.CO[C@@H]1[C@@H](NC(C)=O)[C@H]2OC[C@](CN=[N+]=[N-])(O2)[C@@H]1OC.CO[C@@H]1[C@@H](NC(C)=O)[C@H]2OC[C@](CS)(O2)[C@@H]1OC. The fourth-order valence-electron chi connectivity index (χ4n) is 18.8. The first-order chi connectivity index (χ1) is 61.4. The lowest BCUT2D eigenvalue weighted by atomic mass is 9.85. The number of thiol groups is 1. The molecule has 14 heterocycles. The number of amides is 7. The van der Waals surface area contributed by atoms with Crippen LogP contribution in [0.1, 0.15) is 61.8 Å². The summed E-state index contributed by atoms with van der Waals surface area (Å²) in [5.74, 6) is 0.487. The molecule has 129 heavy (non-hydrogen) atoms. The number of carbonyl (C=O) groups excluding carboxylic acids is 8. The average Bonchev–Trinajstić information content (AvgIpc) is 1.59. The number of nitrogens with zero attached hydrogens (tertiary/aromatic N) is 3. The average molecular weight is 1870 g/mol. The highest BCUT2D eigenvalue weighted by atomic mass is 32.1. The standard InChI is InChI=1S/C12H21NO5.C12H17NO5.C11H18N4O5.C11H20N2O5.C11H17NO7.C11H17NO6.C11H19NO5S/c2*1-5-12-6-17-11(18-12)8(13-7(2)14)9(15-3)10(12)16-4;1-6(16)14-7-8(17-2)9(18-3)11(4-13-15-12)5-19-10(7)20-11;1-6(14)13-7-8(15-2)9(16-3)11(4-12)5-17-10(7)18-11;1-5(13)12-6-7(16-2)8(17-3)11(10(14)15)4-18-9(6)19-11;1-6(14)12-7-8(15-2)9(16-3)11(4-13)5-17-10(7)18-11;1-6(13)12-7-8(14-2)9(15-3)11(5-18)4-16-10(7)17-11/h8-11H,5-6H2,1-4H3,(H,13,14);1,8-11H,6H2,2-4H3,(H,13,14);7-10H,4-5H2,1-3H3,(H,14,16);7-10H,4-5,12H2,1-3H3,(H,13,14);6-9H,4H2,1-3H3,(H,12,13)(H,14,15);4,7-10H,5H2,1-3H3,(H,12,14);7-10,18H,4-5H2,1-3H3,(H,12,13)/t2*8-,9-,10-,11+,12+;2*7-,8-,9-,10+,11+;6-,7-,8-,9+,11+;7-,8-,9-,10+,11+;7-,8-,9-,10+,11-/m1111111/s1.